The van der Waals surface area contributed by atoms with Crippen LogP contribution >= 0.6 is 22.6 Å². The maximum atomic E-state index is 4.20. The van der Waals surface area contributed by atoms with Gasteiger partial charge >= 0.3 is 0 Å². The summed E-state index contributed by atoms with van der Waals surface area (Å²) in [6, 6.07) is 0.531. The minimum absolute atomic E-state index is 0.531. The normalized spacial score (nSPS) is 13.5. The molecular weight excluding hydrogens is 239 g/mol. The number of nitrogens with zero attached hydrogens (tertiary/aromatic N) is 2. The highest BCUT2D eigenvalue weighted by Gasteiger charge is 2.01. The Bertz CT molecular complexity index is 207. The standard InChI is InChI=1S/C7H11IN2/c1-3-6(2)10-5-7(8)4-9-10/h4-6H,3H2,1-2H3. The van der Waals surface area contributed by atoms with Gasteiger partial charge in [-0.1, -0.05) is 6.92 Å². The molecular formula is C7H11IN2. The molecule has 0 N–H and O–H groups in total. The van der Waals surface area contributed by atoms with Crippen molar-refractivity contribution in [1.82, 2.24) is 9.78 Å². The van der Waals surface area contributed by atoms with Gasteiger partial charge in [0.1, 0.15) is 0 Å². The zero-order chi connectivity index (χ0) is 7.56. The van der Waals surface area contributed by atoms with Gasteiger partial charge in [0.25, 0.3) is 0 Å². The first kappa shape index (κ1) is 8.04. The molecule has 1 atom stereocenters. The van der Waals surface area contributed by atoms with E-state index in [1.165, 1.54) is 3.57 Å². The highest BCUT2D eigenvalue weighted by molar-refractivity contribution is 14.1. The second-order valence-corrected chi connectivity index (χ2v) is 3.64. The summed E-state index contributed by atoms with van der Waals surface area (Å²) in [5, 5.41) is 4.20. The molecule has 1 rings (SSSR count). The van der Waals surface area contributed by atoms with E-state index in [1.807, 2.05) is 10.9 Å². The zero-order valence-corrected chi connectivity index (χ0v) is 8.37. The fourth-order valence-electron chi connectivity index (χ4n) is 0.743. The predicted molar refractivity (Wildman–Crippen MR) is 49.9 cm³/mol. The van der Waals surface area contributed by atoms with Crippen molar-refractivity contribution in [1.29, 1.82) is 0 Å². The number of aromatic nitrogens is 2. The van der Waals surface area contributed by atoms with Crippen molar-refractivity contribution in [2.75, 3.05) is 0 Å². The molecule has 1 heterocycles. The van der Waals surface area contributed by atoms with Gasteiger partial charge < -0.3 is 0 Å². The van der Waals surface area contributed by atoms with E-state index in [1.54, 1.807) is 0 Å². The minimum Gasteiger partial charge on any atom is -0.269 e. The molecule has 0 saturated heterocycles. The highest BCUT2D eigenvalue weighted by atomic mass is 127. The molecule has 10 heavy (non-hydrogen) atoms. The lowest BCUT2D eigenvalue weighted by molar-refractivity contribution is 0.478. The average Bonchev–Trinajstić information content (AvgIpc) is 2.34. The average molecular weight is 250 g/mol. The Labute approximate surface area is 74.8 Å². The van der Waals surface area contributed by atoms with E-state index in [9.17, 15) is 0 Å². The van der Waals surface area contributed by atoms with Crippen LogP contribution in [0.15, 0.2) is 12.4 Å². The van der Waals surface area contributed by atoms with Gasteiger partial charge in [-0.25, -0.2) is 0 Å². The third-order valence-corrected chi connectivity index (χ3v) is 2.17. The Morgan fingerprint density at radius 3 is 2.90 bits per heavy atom. The smallest absolute Gasteiger partial charge is 0.0623 e. The third-order valence-electron chi connectivity index (χ3n) is 1.61. The Morgan fingerprint density at radius 2 is 2.50 bits per heavy atom. The van der Waals surface area contributed by atoms with Crippen molar-refractivity contribution in [3.8, 4) is 0 Å². The van der Waals surface area contributed by atoms with Crippen molar-refractivity contribution in [3.05, 3.63) is 16.0 Å². The molecule has 3 heteroatoms. The van der Waals surface area contributed by atoms with Crippen molar-refractivity contribution in [3.63, 3.8) is 0 Å². The Balaban J connectivity index is 2.74. The largest absolute Gasteiger partial charge is 0.269 e. The second-order valence-electron chi connectivity index (χ2n) is 2.40. The van der Waals surface area contributed by atoms with Gasteiger partial charge in [0.05, 0.1) is 9.77 Å². The molecule has 0 saturated carbocycles. The van der Waals surface area contributed by atoms with Crippen LogP contribution in [0.5, 0.6) is 0 Å². The van der Waals surface area contributed by atoms with Crippen LogP contribution in [0.3, 0.4) is 0 Å². The Morgan fingerprint density at radius 1 is 1.80 bits per heavy atom. The minimum atomic E-state index is 0.531. The zero-order valence-electron chi connectivity index (χ0n) is 6.21. The third kappa shape index (κ3) is 1.71. The summed E-state index contributed by atoms with van der Waals surface area (Å²) < 4.78 is 3.21. The first-order valence-electron chi connectivity index (χ1n) is 3.43. The number of rotatable bonds is 2. The van der Waals surface area contributed by atoms with Gasteiger partial charge in [-0.3, -0.25) is 4.68 Å². The first-order chi connectivity index (χ1) is 4.74. The molecule has 0 aliphatic rings. The van der Waals surface area contributed by atoms with Crippen LogP contribution in [0.2, 0.25) is 0 Å². The topological polar surface area (TPSA) is 17.8 Å². The van der Waals surface area contributed by atoms with Crippen LogP contribution < -0.4 is 0 Å². The molecule has 0 aliphatic carbocycles. The fraction of sp³-hybridized carbons (Fsp3) is 0.571. The van der Waals surface area contributed by atoms with E-state index < -0.39 is 0 Å². The van der Waals surface area contributed by atoms with E-state index in [4.69, 9.17) is 0 Å². The first-order valence-corrected chi connectivity index (χ1v) is 4.51. The lowest BCUT2D eigenvalue weighted by atomic mass is 10.3. The molecule has 0 amide bonds. The van der Waals surface area contributed by atoms with Gasteiger partial charge in [-0.15, -0.1) is 0 Å². The van der Waals surface area contributed by atoms with Gasteiger partial charge in [-0.05, 0) is 35.9 Å². The number of hydrogen-bond donors (Lipinski definition) is 0. The molecule has 1 aromatic heterocycles. The van der Waals surface area contributed by atoms with Crippen LogP contribution in [-0.2, 0) is 0 Å². The fourth-order valence-corrected chi connectivity index (χ4v) is 1.15. The van der Waals surface area contributed by atoms with Gasteiger partial charge in [-0.2, -0.15) is 5.10 Å². The molecule has 0 aromatic carbocycles. The Hall–Kier alpha value is -0.0600. The quantitative estimate of drug-likeness (QED) is 0.737. The molecule has 1 unspecified atom stereocenters. The van der Waals surface area contributed by atoms with Crippen molar-refractivity contribution in [2.45, 2.75) is 26.3 Å². The molecule has 0 radical (unpaired) electrons. The monoisotopic (exact) mass is 250 g/mol. The molecule has 0 fully saturated rings. The molecule has 0 aliphatic heterocycles. The van der Waals surface area contributed by atoms with Crippen molar-refractivity contribution in [2.24, 2.45) is 0 Å². The molecule has 0 bridgehead atoms. The van der Waals surface area contributed by atoms with Crippen molar-refractivity contribution >= 4 is 22.6 Å². The SMILES string of the molecule is CCC(C)n1cc(I)cn1. The van der Waals surface area contributed by atoms with Gasteiger partial charge in [0.2, 0.25) is 0 Å². The molecule has 1 aromatic rings. The summed E-state index contributed by atoms with van der Waals surface area (Å²) in [6.07, 6.45) is 5.08. The summed E-state index contributed by atoms with van der Waals surface area (Å²) in [6.45, 7) is 4.34. The van der Waals surface area contributed by atoms with Crippen LogP contribution in [0.4, 0.5) is 0 Å². The summed E-state index contributed by atoms with van der Waals surface area (Å²) in [5.74, 6) is 0. The second kappa shape index (κ2) is 3.37. The van der Waals surface area contributed by atoms with E-state index >= 15 is 0 Å². The molecule has 56 valence electrons. The van der Waals surface area contributed by atoms with E-state index in [2.05, 4.69) is 47.7 Å². The van der Waals surface area contributed by atoms with E-state index in [-0.39, 0.29) is 0 Å². The molecule has 2 nitrogen and oxygen atoms in total. The van der Waals surface area contributed by atoms with Crippen LogP contribution in [-0.4, -0.2) is 9.78 Å². The lowest BCUT2D eigenvalue weighted by Crippen LogP contribution is -2.03. The van der Waals surface area contributed by atoms with Crippen LogP contribution in [0, 0.1) is 3.57 Å². The maximum absolute atomic E-state index is 4.20. The van der Waals surface area contributed by atoms with E-state index in [0.29, 0.717) is 6.04 Å². The summed E-state index contributed by atoms with van der Waals surface area (Å²) >= 11 is 2.27. The van der Waals surface area contributed by atoms with Crippen molar-refractivity contribution < 1.29 is 0 Å². The van der Waals surface area contributed by atoms with Gasteiger partial charge in [0.15, 0.2) is 0 Å². The van der Waals surface area contributed by atoms with E-state index in [0.717, 1.165) is 6.42 Å². The summed E-state index contributed by atoms with van der Waals surface area (Å²) in [4.78, 5) is 0. The summed E-state index contributed by atoms with van der Waals surface area (Å²) in [5.41, 5.74) is 0. The number of halogens is 1. The maximum Gasteiger partial charge on any atom is 0.0623 e. The number of hydrogen-bond acceptors (Lipinski definition) is 1. The highest BCUT2D eigenvalue weighted by Crippen LogP contribution is 2.10. The summed E-state index contributed by atoms with van der Waals surface area (Å²) in [7, 11) is 0. The van der Waals surface area contributed by atoms with Crippen LogP contribution in [0.25, 0.3) is 0 Å². The van der Waals surface area contributed by atoms with Gasteiger partial charge in [0, 0.05) is 12.2 Å². The lowest BCUT2D eigenvalue weighted by Gasteiger charge is -2.07. The van der Waals surface area contributed by atoms with Crippen LogP contribution in [0.1, 0.15) is 26.3 Å². The Kier molecular flexibility index (Phi) is 2.71. The molecule has 0 spiro atoms. The predicted octanol–water partition coefficient (Wildman–Crippen LogP) is 2.46.